The summed E-state index contributed by atoms with van der Waals surface area (Å²) >= 11 is 0. The Hall–Kier alpha value is -1.64. The average Bonchev–Trinajstić information content (AvgIpc) is 2.25. The Labute approximate surface area is 84.6 Å². The molecule has 0 unspecified atom stereocenters. The number of nitrogens with one attached hydrogen (secondary N) is 1. The third-order valence-corrected chi connectivity index (χ3v) is 1.78. The third kappa shape index (κ3) is 3.39. The number of pyridine rings is 1. The summed E-state index contributed by atoms with van der Waals surface area (Å²) in [5.74, 6) is 0. The van der Waals surface area contributed by atoms with Crippen LogP contribution in [0.2, 0.25) is 0 Å². The van der Waals surface area contributed by atoms with Gasteiger partial charge in [-0.2, -0.15) is 0 Å². The lowest BCUT2D eigenvalue weighted by Gasteiger charge is -1.99. The van der Waals surface area contributed by atoms with Gasteiger partial charge in [-0.15, -0.1) is 0 Å². The second-order valence-corrected chi connectivity index (χ2v) is 2.78. The van der Waals surface area contributed by atoms with Crippen LogP contribution in [0.3, 0.4) is 0 Å². The first-order valence-corrected chi connectivity index (χ1v) is 4.62. The van der Waals surface area contributed by atoms with Crippen molar-refractivity contribution >= 4 is 11.9 Å². The van der Waals surface area contributed by atoms with Crippen molar-refractivity contribution in [1.29, 1.82) is 0 Å². The fraction of sp³-hybridized carbons (Fsp3) is 0.273. The number of aromatic nitrogens is 1. The van der Waals surface area contributed by atoms with Gasteiger partial charge < -0.3 is 5.32 Å². The number of nitrogens with zero attached hydrogens (tertiary/aromatic N) is 2. The highest BCUT2D eigenvalue weighted by molar-refractivity contribution is 5.54. The molecule has 1 aromatic heterocycles. The number of anilines is 1. The lowest BCUT2D eigenvalue weighted by atomic mass is 10.2. The highest BCUT2D eigenvalue weighted by Crippen LogP contribution is 2.05. The number of aliphatic imine (C=N–C) groups is 1. The standard InChI is InChI=1S/C11H15N3/c1-3-13-8-4-5-10-6-7-11(12-2)9-14-10/h3-4,6-9,12H,5H2,1-2H3/b8-4-,13-3?. The van der Waals surface area contributed by atoms with Crippen molar-refractivity contribution < 1.29 is 0 Å². The summed E-state index contributed by atoms with van der Waals surface area (Å²) in [6.45, 7) is 1.89. The predicted molar refractivity (Wildman–Crippen MR) is 60.8 cm³/mol. The fourth-order valence-electron chi connectivity index (χ4n) is 1.01. The molecule has 3 nitrogen and oxygen atoms in total. The first-order chi connectivity index (χ1) is 6.86. The van der Waals surface area contributed by atoms with E-state index in [1.807, 2.05) is 38.4 Å². The van der Waals surface area contributed by atoms with E-state index in [1.165, 1.54) is 0 Å². The van der Waals surface area contributed by atoms with E-state index < -0.39 is 0 Å². The minimum Gasteiger partial charge on any atom is -0.387 e. The van der Waals surface area contributed by atoms with E-state index in [4.69, 9.17) is 0 Å². The van der Waals surface area contributed by atoms with Crippen molar-refractivity contribution in [3.05, 3.63) is 36.3 Å². The fourth-order valence-corrected chi connectivity index (χ4v) is 1.01. The summed E-state index contributed by atoms with van der Waals surface area (Å²) in [6, 6.07) is 4.02. The molecule has 0 aromatic carbocycles. The van der Waals surface area contributed by atoms with Crippen molar-refractivity contribution in [2.45, 2.75) is 13.3 Å². The van der Waals surface area contributed by atoms with Crippen molar-refractivity contribution in [2.75, 3.05) is 12.4 Å². The van der Waals surface area contributed by atoms with E-state index in [-0.39, 0.29) is 0 Å². The molecule has 0 aliphatic carbocycles. The van der Waals surface area contributed by atoms with Gasteiger partial charge in [-0.3, -0.25) is 9.98 Å². The molecule has 74 valence electrons. The molecule has 0 amide bonds. The van der Waals surface area contributed by atoms with Crippen LogP contribution in [0.1, 0.15) is 12.6 Å². The molecule has 0 saturated heterocycles. The van der Waals surface area contributed by atoms with Gasteiger partial charge in [0.1, 0.15) is 0 Å². The van der Waals surface area contributed by atoms with Crippen LogP contribution in [0.5, 0.6) is 0 Å². The van der Waals surface area contributed by atoms with E-state index in [2.05, 4.69) is 15.3 Å². The van der Waals surface area contributed by atoms with Gasteiger partial charge in [-0.05, 0) is 19.1 Å². The summed E-state index contributed by atoms with van der Waals surface area (Å²) < 4.78 is 0. The smallest absolute Gasteiger partial charge is 0.0524 e. The molecule has 0 radical (unpaired) electrons. The zero-order valence-electron chi connectivity index (χ0n) is 8.57. The maximum atomic E-state index is 4.28. The zero-order valence-corrected chi connectivity index (χ0v) is 8.57. The van der Waals surface area contributed by atoms with E-state index in [0.29, 0.717) is 0 Å². The molecule has 1 heterocycles. The van der Waals surface area contributed by atoms with Crippen LogP contribution in [0.4, 0.5) is 5.69 Å². The van der Waals surface area contributed by atoms with Crippen LogP contribution < -0.4 is 5.32 Å². The monoisotopic (exact) mass is 189 g/mol. The second-order valence-electron chi connectivity index (χ2n) is 2.78. The second kappa shape index (κ2) is 5.91. The maximum Gasteiger partial charge on any atom is 0.0524 e. The number of allylic oxidation sites excluding steroid dienone is 1. The molecule has 0 spiro atoms. The van der Waals surface area contributed by atoms with Crippen molar-refractivity contribution in [1.82, 2.24) is 4.98 Å². The normalized spacial score (nSPS) is 11.3. The van der Waals surface area contributed by atoms with Crippen molar-refractivity contribution in [3.63, 3.8) is 0 Å². The van der Waals surface area contributed by atoms with Gasteiger partial charge >= 0.3 is 0 Å². The van der Waals surface area contributed by atoms with Gasteiger partial charge in [0, 0.05) is 31.6 Å². The first kappa shape index (κ1) is 10.4. The number of rotatable bonds is 4. The lowest BCUT2D eigenvalue weighted by molar-refractivity contribution is 1.10. The quantitative estimate of drug-likeness (QED) is 0.738. The molecule has 0 atom stereocenters. The van der Waals surface area contributed by atoms with Crippen molar-refractivity contribution in [3.8, 4) is 0 Å². The van der Waals surface area contributed by atoms with Crippen molar-refractivity contribution in [2.24, 2.45) is 4.99 Å². The minimum atomic E-state index is 0.821. The molecular weight excluding hydrogens is 174 g/mol. The largest absolute Gasteiger partial charge is 0.387 e. The van der Waals surface area contributed by atoms with Gasteiger partial charge in [-0.25, -0.2) is 0 Å². The Morgan fingerprint density at radius 1 is 1.50 bits per heavy atom. The zero-order chi connectivity index (χ0) is 10.2. The van der Waals surface area contributed by atoms with Crippen LogP contribution in [0, 0.1) is 0 Å². The third-order valence-electron chi connectivity index (χ3n) is 1.78. The Balaban J connectivity index is 2.51. The van der Waals surface area contributed by atoms with Crippen LogP contribution in [0.25, 0.3) is 0 Å². The maximum absolute atomic E-state index is 4.28. The van der Waals surface area contributed by atoms with Gasteiger partial charge in [-0.1, -0.05) is 6.08 Å². The molecule has 0 aliphatic rings. The highest BCUT2D eigenvalue weighted by atomic mass is 14.8. The molecule has 3 heteroatoms. The number of hydrogen-bond acceptors (Lipinski definition) is 3. The Bertz CT molecular complexity index is 312. The van der Waals surface area contributed by atoms with Crippen LogP contribution in [-0.2, 0) is 6.42 Å². The Kier molecular flexibility index (Phi) is 4.41. The molecule has 14 heavy (non-hydrogen) atoms. The Morgan fingerprint density at radius 3 is 2.93 bits per heavy atom. The summed E-state index contributed by atoms with van der Waals surface area (Å²) in [5, 5.41) is 3.03. The summed E-state index contributed by atoms with van der Waals surface area (Å²) in [7, 11) is 1.88. The van der Waals surface area contributed by atoms with Crippen LogP contribution in [-0.4, -0.2) is 18.2 Å². The molecule has 0 bridgehead atoms. The molecular formula is C11H15N3. The molecule has 0 aliphatic heterocycles. The molecule has 0 fully saturated rings. The minimum absolute atomic E-state index is 0.821. The molecule has 0 saturated carbocycles. The number of hydrogen-bond donors (Lipinski definition) is 1. The van der Waals surface area contributed by atoms with Crippen LogP contribution in [0.15, 0.2) is 35.6 Å². The van der Waals surface area contributed by atoms with E-state index in [1.54, 1.807) is 12.4 Å². The van der Waals surface area contributed by atoms with E-state index in [0.717, 1.165) is 17.8 Å². The van der Waals surface area contributed by atoms with Gasteiger partial charge in [0.15, 0.2) is 0 Å². The van der Waals surface area contributed by atoms with E-state index >= 15 is 0 Å². The Morgan fingerprint density at radius 2 is 2.36 bits per heavy atom. The van der Waals surface area contributed by atoms with E-state index in [9.17, 15) is 0 Å². The van der Waals surface area contributed by atoms with Gasteiger partial charge in [0.05, 0.1) is 11.9 Å². The molecule has 1 rings (SSSR count). The SMILES string of the molecule is CC=N/C=C\Cc1ccc(NC)cn1. The lowest BCUT2D eigenvalue weighted by Crippen LogP contribution is -1.91. The van der Waals surface area contributed by atoms with Gasteiger partial charge in [0.2, 0.25) is 0 Å². The van der Waals surface area contributed by atoms with Crippen LogP contribution >= 0.6 is 0 Å². The summed E-state index contributed by atoms with van der Waals surface area (Å²) in [4.78, 5) is 8.26. The summed E-state index contributed by atoms with van der Waals surface area (Å²) in [6.07, 6.45) is 8.18. The topological polar surface area (TPSA) is 37.3 Å². The highest BCUT2D eigenvalue weighted by Gasteiger charge is 1.91. The predicted octanol–water partition coefficient (Wildman–Crippen LogP) is 2.27. The first-order valence-electron chi connectivity index (χ1n) is 4.62. The summed E-state index contributed by atoms with van der Waals surface area (Å²) in [5.41, 5.74) is 2.08. The average molecular weight is 189 g/mol. The molecule has 1 aromatic rings. The van der Waals surface area contributed by atoms with Gasteiger partial charge in [0.25, 0.3) is 0 Å². The molecule has 1 N–H and O–H groups in total.